The van der Waals surface area contributed by atoms with Crippen molar-refractivity contribution in [3.05, 3.63) is 33.8 Å². The highest BCUT2D eigenvalue weighted by molar-refractivity contribution is 6.34. The van der Waals surface area contributed by atoms with Crippen molar-refractivity contribution < 1.29 is 4.74 Å². The van der Waals surface area contributed by atoms with E-state index in [4.69, 9.17) is 27.9 Å². The largest absolute Gasteiger partial charge is 0.378 e. The molecule has 0 radical (unpaired) electrons. The normalized spacial score (nSPS) is 16.7. The molecule has 1 fully saturated rings. The molecule has 14 heavy (non-hydrogen) atoms. The van der Waals surface area contributed by atoms with Crippen molar-refractivity contribution >= 4 is 23.2 Å². The highest BCUT2D eigenvalue weighted by atomic mass is 35.5. The lowest BCUT2D eigenvalue weighted by Crippen LogP contribution is -2.45. The first kappa shape index (κ1) is 10.2. The van der Waals surface area contributed by atoms with Gasteiger partial charge in [-0.15, -0.1) is 0 Å². The molecule has 1 heterocycles. The molecule has 1 N–H and O–H groups in total. The van der Waals surface area contributed by atoms with Crippen molar-refractivity contribution in [1.82, 2.24) is 5.32 Å². The molecule has 0 bridgehead atoms. The van der Waals surface area contributed by atoms with Gasteiger partial charge in [0.15, 0.2) is 0 Å². The minimum absolute atomic E-state index is 0.479. The van der Waals surface area contributed by atoms with Gasteiger partial charge >= 0.3 is 0 Å². The van der Waals surface area contributed by atoms with Crippen LogP contribution >= 0.6 is 23.2 Å². The summed E-state index contributed by atoms with van der Waals surface area (Å²) in [7, 11) is 0. The van der Waals surface area contributed by atoms with Gasteiger partial charge in [-0.3, -0.25) is 0 Å². The third-order valence-corrected chi connectivity index (χ3v) is 2.59. The zero-order valence-electron chi connectivity index (χ0n) is 7.59. The predicted molar refractivity (Wildman–Crippen MR) is 57.9 cm³/mol. The topological polar surface area (TPSA) is 21.3 Å². The van der Waals surface area contributed by atoms with E-state index >= 15 is 0 Å². The summed E-state index contributed by atoms with van der Waals surface area (Å²) in [6.45, 7) is 2.39. The predicted octanol–water partition coefficient (Wildman–Crippen LogP) is 2.48. The van der Waals surface area contributed by atoms with Gasteiger partial charge in [0.1, 0.15) is 0 Å². The highest BCUT2D eigenvalue weighted by Crippen LogP contribution is 2.19. The van der Waals surface area contributed by atoms with Crippen LogP contribution in [0.4, 0.5) is 0 Å². The first-order valence-electron chi connectivity index (χ1n) is 4.50. The molecule has 1 aromatic rings. The Morgan fingerprint density at radius 3 is 2.36 bits per heavy atom. The van der Waals surface area contributed by atoms with Crippen LogP contribution in [-0.2, 0) is 11.3 Å². The van der Waals surface area contributed by atoms with E-state index in [1.807, 2.05) is 12.1 Å². The summed E-state index contributed by atoms with van der Waals surface area (Å²) in [6.07, 6.45) is 0. The van der Waals surface area contributed by atoms with E-state index < -0.39 is 0 Å². The summed E-state index contributed by atoms with van der Waals surface area (Å²) >= 11 is 11.8. The molecule has 0 spiro atoms. The van der Waals surface area contributed by atoms with Crippen LogP contribution in [0.3, 0.4) is 0 Å². The standard InChI is InChI=1S/C10H11Cl2NO/c11-8-1-7(2-9(12)3-8)4-13-10-5-14-6-10/h1-3,10,13H,4-6H2. The van der Waals surface area contributed by atoms with Crippen LogP contribution < -0.4 is 5.32 Å². The first-order valence-corrected chi connectivity index (χ1v) is 5.26. The van der Waals surface area contributed by atoms with Crippen LogP contribution in [0, 0.1) is 0 Å². The third kappa shape index (κ3) is 2.61. The van der Waals surface area contributed by atoms with E-state index in [9.17, 15) is 0 Å². The van der Waals surface area contributed by atoms with Crippen molar-refractivity contribution in [2.24, 2.45) is 0 Å². The van der Waals surface area contributed by atoms with Crippen molar-refractivity contribution in [1.29, 1.82) is 0 Å². The zero-order valence-corrected chi connectivity index (χ0v) is 9.11. The summed E-state index contributed by atoms with van der Waals surface area (Å²) in [4.78, 5) is 0. The fourth-order valence-corrected chi connectivity index (χ4v) is 1.90. The van der Waals surface area contributed by atoms with Crippen LogP contribution in [0.5, 0.6) is 0 Å². The smallest absolute Gasteiger partial charge is 0.0643 e. The Balaban J connectivity index is 1.94. The summed E-state index contributed by atoms with van der Waals surface area (Å²) in [5.41, 5.74) is 1.11. The van der Waals surface area contributed by atoms with Gasteiger partial charge in [0.05, 0.1) is 19.3 Å². The third-order valence-electron chi connectivity index (χ3n) is 2.16. The van der Waals surface area contributed by atoms with Gasteiger partial charge in [-0.2, -0.15) is 0 Å². The number of ether oxygens (including phenoxy) is 1. The Bertz CT molecular complexity index is 306. The quantitative estimate of drug-likeness (QED) is 0.864. The number of halogens is 2. The van der Waals surface area contributed by atoms with Gasteiger partial charge in [-0.05, 0) is 23.8 Å². The minimum atomic E-state index is 0.479. The molecule has 1 saturated heterocycles. The average molecular weight is 232 g/mol. The molecule has 1 aliphatic heterocycles. The van der Waals surface area contributed by atoms with Crippen LogP contribution in [0.15, 0.2) is 18.2 Å². The summed E-state index contributed by atoms with van der Waals surface area (Å²) in [5, 5.41) is 4.71. The Morgan fingerprint density at radius 1 is 1.21 bits per heavy atom. The molecule has 0 unspecified atom stereocenters. The number of hydrogen-bond donors (Lipinski definition) is 1. The maximum Gasteiger partial charge on any atom is 0.0643 e. The van der Waals surface area contributed by atoms with Crippen LogP contribution in [0.25, 0.3) is 0 Å². The Hall–Kier alpha value is -0.280. The van der Waals surface area contributed by atoms with Crippen molar-refractivity contribution in [3.8, 4) is 0 Å². The van der Waals surface area contributed by atoms with E-state index in [-0.39, 0.29) is 0 Å². The fraction of sp³-hybridized carbons (Fsp3) is 0.400. The maximum absolute atomic E-state index is 5.88. The molecule has 0 saturated carbocycles. The van der Waals surface area contributed by atoms with Gasteiger partial charge in [-0.25, -0.2) is 0 Å². The van der Waals surface area contributed by atoms with Crippen LogP contribution in [-0.4, -0.2) is 19.3 Å². The molecule has 2 rings (SSSR count). The zero-order chi connectivity index (χ0) is 9.97. The summed E-state index contributed by atoms with van der Waals surface area (Å²) in [6, 6.07) is 6.05. The summed E-state index contributed by atoms with van der Waals surface area (Å²) < 4.78 is 5.06. The summed E-state index contributed by atoms with van der Waals surface area (Å²) in [5.74, 6) is 0. The molecule has 0 amide bonds. The van der Waals surface area contributed by atoms with Gasteiger partial charge in [0.25, 0.3) is 0 Å². The van der Waals surface area contributed by atoms with E-state index in [2.05, 4.69) is 5.32 Å². The van der Waals surface area contributed by atoms with Gasteiger partial charge in [0.2, 0.25) is 0 Å². The van der Waals surface area contributed by atoms with E-state index in [1.54, 1.807) is 6.07 Å². The van der Waals surface area contributed by atoms with Gasteiger partial charge in [0, 0.05) is 16.6 Å². The lowest BCUT2D eigenvalue weighted by molar-refractivity contribution is -0.00578. The first-order chi connectivity index (χ1) is 6.74. The molecule has 1 aliphatic rings. The highest BCUT2D eigenvalue weighted by Gasteiger charge is 2.16. The second-order valence-electron chi connectivity index (χ2n) is 3.39. The lowest BCUT2D eigenvalue weighted by atomic mass is 10.2. The van der Waals surface area contributed by atoms with Crippen molar-refractivity contribution in [3.63, 3.8) is 0 Å². The maximum atomic E-state index is 5.88. The second kappa shape index (κ2) is 4.49. The molecular formula is C10H11Cl2NO. The minimum Gasteiger partial charge on any atom is -0.378 e. The Kier molecular flexibility index (Phi) is 3.29. The molecule has 0 atom stereocenters. The monoisotopic (exact) mass is 231 g/mol. The van der Waals surface area contributed by atoms with Crippen molar-refractivity contribution in [2.45, 2.75) is 12.6 Å². The lowest BCUT2D eigenvalue weighted by Gasteiger charge is -2.27. The number of nitrogens with one attached hydrogen (secondary N) is 1. The van der Waals surface area contributed by atoms with Crippen LogP contribution in [0.2, 0.25) is 10.0 Å². The van der Waals surface area contributed by atoms with E-state index in [1.165, 1.54) is 0 Å². The van der Waals surface area contributed by atoms with Gasteiger partial charge < -0.3 is 10.1 Å². The number of benzene rings is 1. The van der Waals surface area contributed by atoms with E-state index in [0.29, 0.717) is 16.1 Å². The molecule has 0 aliphatic carbocycles. The van der Waals surface area contributed by atoms with Gasteiger partial charge in [-0.1, -0.05) is 23.2 Å². The number of rotatable bonds is 3. The van der Waals surface area contributed by atoms with E-state index in [0.717, 1.165) is 25.3 Å². The molecule has 0 aromatic heterocycles. The Labute approximate surface area is 93.2 Å². The fourth-order valence-electron chi connectivity index (χ4n) is 1.33. The molecule has 2 nitrogen and oxygen atoms in total. The van der Waals surface area contributed by atoms with Crippen LogP contribution in [0.1, 0.15) is 5.56 Å². The molecule has 4 heteroatoms. The Morgan fingerprint density at radius 2 is 1.86 bits per heavy atom. The number of hydrogen-bond acceptors (Lipinski definition) is 2. The average Bonchev–Trinajstić information content (AvgIpc) is 1.99. The van der Waals surface area contributed by atoms with Crippen molar-refractivity contribution in [2.75, 3.05) is 13.2 Å². The SMILES string of the molecule is Clc1cc(Cl)cc(CNC2COC2)c1. The molecule has 76 valence electrons. The molecule has 1 aromatic carbocycles. The second-order valence-corrected chi connectivity index (χ2v) is 4.27. The molecular weight excluding hydrogens is 221 g/mol.